The van der Waals surface area contributed by atoms with Crippen molar-refractivity contribution in [2.75, 3.05) is 73.2 Å². The van der Waals surface area contributed by atoms with Gasteiger partial charge in [-0.3, -0.25) is 41.3 Å². The van der Waals surface area contributed by atoms with E-state index in [-0.39, 0.29) is 68.1 Å². The van der Waals surface area contributed by atoms with Crippen LogP contribution < -0.4 is 47.8 Å². The van der Waals surface area contributed by atoms with Gasteiger partial charge in [0.25, 0.3) is 31.3 Å². The van der Waals surface area contributed by atoms with Crippen molar-refractivity contribution < 1.29 is 97.8 Å². The molecule has 8 unspecified atom stereocenters. The van der Waals surface area contributed by atoms with Gasteiger partial charge < -0.3 is 103 Å². The van der Waals surface area contributed by atoms with Crippen LogP contribution in [0.5, 0.6) is 0 Å². The first-order valence-electron chi connectivity index (χ1n) is 41.6. The Hall–Kier alpha value is -7.10. The second kappa shape index (κ2) is 47.1. The summed E-state index contributed by atoms with van der Waals surface area (Å²) in [6, 6.07) is 0. The first-order valence-corrected chi connectivity index (χ1v) is 50.5. The van der Waals surface area contributed by atoms with Gasteiger partial charge >= 0.3 is 0 Å². The molecule has 12 rings (SSSR count). The third kappa shape index (κ3) is 28.7. The molecule has 4 aliphatic rings. The van der Waals surface area contributed by atoms with Gasteiger partial charge in [0.1, 0.15) is 84.5 Å². The molecule has 4 fully saturated rings. The van der Waals surface area contributed by atoms with Crippen LogP contribution in [0.15, 0.2) is 109 Å². The predicted octanol–water partition coefficient (Wildman–Crippen LogP) is 11.0. The van der Waals surface area contributed by atoms with Gasteiger partial charge in [-0.2, -0.15) is 12.6 Å². The van der Waals surface area contributed by atoms with Crippen LogP contribution in [0.2, 0.25) is 0 Å². The summed E-state index contributed by atoms with van der Waals surface area (Å²) >= 11 is 4.04. The predicted molar refractivity (Wildman–Crippen MR) is 469 cm³/mol. The number of anilines is 4. The number of nitrogen functional groups attached to an aromatic ring is 4. The Labute approximate surface area is 743 Å². The number of nitrogens with zero attached hydrogens (tertiary/aromatic N) is 16. The summed E-state index contributed by atoms with van der Waals surface area (Å²) in [6.07, 6.45) is 22.7. The topological polar surface area (TPSA) is 579 Å². The number of amides is 1. The molecule has 126 heavy (non-hydrogen) atoms. The number of rotatable bonds is 48. The molecule has 8 aromatic heterocycles. The average Bonchev–Trinajstić information content (AvgIpc) is 1.65. The fourth-order valence-electron chi connectivity index (χ4n) is 14.4. The molecule has 1 amide bonds. The number of nitrogens with one attached hydrogen (secondary N) is 1. The van der Waals surface area contributed by atoms with E-state index < -0.39 is 118 Å². The van der Waals surface area contributed by atoms with Gasteiger partial charge in [-0.25, -0.2) is 59.8 Å². The molecule has 49 heteroatoms. The Bertz CT molecular complexity index is 5310. The first-order chi connectivity index (χ1) is 60.3. The number of aromatic nitrogens is 16. The quantitative estimate of drug-likeness (QED) is 0.00678. The van der Waals surface area contributed by atoms with Crippen LogP contribution in [0.3, 0.4) is 0 Å². The van der Waals surface area contributed by atoms with E-state index in [0.29, 0.717) is 107 Å². The van der Waals surface area contributed by atoms with Crippen molar-refractivity contribution in [1.82, 2.24) is 83.4 Å². The van der Waals surface area contributed by atoms with E-state index in [4.69, 9.17) is 78.1 Å². The van der Waals surface area contributed by atoms with Crippen LogP contribution in [-0.4, -0.2) is 183 Å². The normalized spacial score (nSPS) is 24.0. The van der Waals surface area contributed by atoms with Gasteiger partial charge in [-0.15, -0.1) is 0 Å². The molecule has 12 heterocycles. The van der Waals surface area contributed by atoms with Gasteiger partial charge in [0, 0.05) is 50.2 Å². The Morgan fingerprint density at radius 3 is 1.12 bits per heavy atom. The summed E-state index contributed by atoms with van der Waals surface area (Å²) in [4.78, 5) is 115. The lowest BCUT2D eigenvalue weighted by atomic mass is 10.0. The Morgan fingerprint density at radius 2 is 0.762 bits per heavy atom. The minimum atomic E-state index is -5.07. The van der Waals surface area contributed by atoms with Crippen molar-refractivity contribution in [3.8, 4) is 0 Å². The number of phosphoric ester groups is 4. The molecular weight excluding hydrogens is 1780 g/mol. The molecular formula is C77H111N21O21P4S3-4. The van der Waals surface area contributed by atoms with Gasteiger partial charge in [0.15, 0.2) is 45.9 Å². The van der Waals surface area contributed by atoms with Crippen LogP contribution in [0, 0.1) is 0 Å². The van der Waals surface area contributed by atoms with E-state index in [0.717, 1.165) is 51.4 Å². The molecule has 0 aliphatic carbocycles. The zero-order valence-corrected chi connectivity index (χ0v) is 77.5. The van der Waals surface area contributed by atoms with Crippen LogP contribution >= 0.6 is 65.5 Å². The summed E-state index contributed by atoms with van der Waals surface area (Å²) in [6.45, 7) is 15.6. The lowest BCUT2D eigenvalue weighted by Crippen LogP contribution is -2.32. The van der Waals surface area contributed by atoms with Crippen molar-refractivity contribution in [3.05, 3.63) is 109 Å². The third-order valence-electron chi connectivity index (χ3n) is 21.0. The maximum Gasteiger partial charge on any atom is 0.268 e. The van der Waals surface area contributed by atoms with Gasteiger partial charge in [0.05, 0.1) is 88.4 Å². The molecule has 9 N–H and O–H groups in total. The molecule has 16 atom stereocenters. The van der Waals surface area contributed by atoms with Crippen molar-refractivity contribution >= 4 is 139 Å². The number of fused-ring (bicyclic) bond motifs is 4. The van der Waals surface area contributed by atoms with Crippen LogP contribution in [0.25, 0.3) is 44.7 Å². The highest BCUT2D eigenvalue weighted by atomic mass is 33.1. The number of hydrogen-bond acceptors (Lipinski definition) is 40. The molecule has 0 bridgehead atoms. The van der Waals surface area contributed by atoms with Gasteiger partial charge in [-0.05, 0) is 131 Å². The van der Waals surface area contributed by atoms with Crippen molar-refractivity contribution in [3.63, 3.8) is 0 Å². The number of carbonyl (C=O) groups is 1. The zero-order valence-electron chi connectivity index (χ0n) is 71.4. The largest absolute Gasteiger partial charge is 0.756 e. The molecule has 0 radical (unpaired) electrons. The number of thiol groups is 1. The fourth-order valence-corrected chi connectivity index (χ4v) is 20.3. The summed E-state index contributed by atoms with van der Waals surface area (Å²) in [5, 5.41) is 2.98. The maximum absolute atomic E-state index is 13.4. The number of allylic oxidation sites excluding steroid dienone is 10. The van der Waals surface area contributed by atoms with E-state index in [2.05, 4.69) is 150 Å². The molecule has 0 aromatic carbocycles. The minimum Gasteiger partial charge on any atom is -0.756 e. The van der Waals surface area contributed by atoms with Crippen LogP contribution in [-0.2, 0) is 78.2 Å². The second-order valence-electron chi connectivity index (χ2n) is 30.8. The molecule has 0 saturated carbocycles. The van der Waals surface area contributed by atoms with Crippen LogP contribution in [0.1, 0.15) is 196 Å². The van der Waals surface area contributed by atoms with Gasteiger partial charge in [-0.1, -0.05) is 93.7 Å². The van der Waals surface area contributed by atoms with E-state index in [1.807, 2.05) is 13.8 Å². The number of phosphoric acid groups is 4. The lowest BCUT2D eigenvalue weighted by Gasteiger charge is -2.31. The van der Waals surface area contributed by atoms with E-state index >= 15 is 0 Å². The summed E-state index contributed by atoms with van der Waals surface area (Å²) in [7, 11) is -16.8. The smallest absolute Gasteiger partial charge is 0.268 e. The first kappa shape index (κ1) is 99.5. The summed E-state index contributed by atoms with van der Waals surface area (Å²) in [5.74, 6) is 2.28. The Morgan fingerprint density at radius 1 is 0.444 bits per heavy atom. The van der Waals surface area contributed by atoms with Crippen molar-refractivity contribution in [2.45, 2.75) is 245 Å². The Balaban J connectivity index is 0.000000277. The molecule has 692 valence electrons. The number of carbonyl (C=O) groups excluding carboxylic acids is 1. The number of unbranched alkanes of at least 4 members (excludes halogenated alkanes) is 1. The summed E-state index contributed by atoms with van der Waals surface area (Å²) in [5.41, 5.74) is 33.5. The monoisotopic (exact) mass is 1890 g/mol. The molecule has 8 aromatic rings. The highest BCUT2D eigenvalue weighted by molar-refractivity contribution is 8.76. The molecule has 0 spiro atoms. The second-order valence-corrected chi connectivity index (χ2v) is 39.4. The number of hydrogen-bond donors (Lipinski definition) is 6. The number of ether oxygens (including phenoxy) is 4. The van der Waals surface area contributed by atoms with Crippen molar-refractivity contribution in [1.29, 1.82) is 0 Å². The standard InChI is InChI=1S/C53H81N11O11P2S2.C24H34N10O10P2S/c1-8-41-42(29-46(72-41)63-34-61-48-50(54)57-32-59-52(48)63)74-77(68,69)71-31-44-43(30-47(73-44)64-35-62-49-51(55)58-33-60-53(49)64)75-76(66,67)70-26-14-27-78-79-28-25-56-45(65)24-23-40(7)22-13-20-38(5)17-10-9-16-37(4)19-12-21-39(6)18-11-15-36(2)3;1-2-13-14(6-17(41-13)33-11-31-19-21(25)27-9-29-23(19)33)43-46(37,38)40-8-16-15(44-45(35,36)39-4-3-5-47)7-18(42-16)34-12-32-20-22(26)28-10-30-24(20)34/h15-17,21-22,32-35,41-44,46-47H,8-14,18-20,23-31H2,1-7H3,(H,56,65)(H,66,67)(H,68,69)(H2,54,57,59)(H2,55,58,60);9-18,47H,2-8H2,1H3,(H,35,36)(H,37,38)(H2,25,27,29)(H2,26,28,30)/p-4/b37-16+,38-17+,39-21+,40-22+;/t41-,42?,43?,44-,46-,47-;13-,14?,15?,16-,17-,18-/m11/s1. The minimum absolute atomic E-state index is 0.00467. The Kier molecular flexibility index (Phi) is 37.2. The highest BCUT2D eigenvalue weighted by Crippen LogP contribution is 2.52. The summed E-state index contributed by atoms with van der Waals surface area (Å²) < 4.78 is 126. The lowest BCUT2D eigenvalue weighted by molar-refractivity contribution is -0.239. The van der Waals surface area contributed by atoms with Crippen molar-refractivity contribution in [2.24, 2.45) is 0 Å². The molecule has 4 saturated heterocycles. The van der Waals surface area contributed by atoms with E-state index in [1.165, 1.54) is 98.4 Å². The maximum atomic E-state index is 13.4. The SMILES string of the molecule is CC[C@H]1O[C@@H](n2cnc3c(N)ncnc32)CC1OP(=O)([O-])OC[C@H]1O[C@@H](n2cnc3c(N)ncnc32)CC1OP(=O)([O-])OCCCS.CC[C@H]1O[C@@H](n2cnc3c(N)ncnc32)CC1OP(=O)([O-])OC[C@H]1O[C@@H](n2cnc3c(N)ncnc32)CC1OP(=O)([O-])OCCCSSCCNC(=O)CC/C(C)=C/CC/C(C)=C/CC/C=C(\C)CC/C=C(\C)CCC=C(C)C. The van der Waals surface area contributed by atoms with Gasteiger partial charge in [0.2, 0.25) is 5.91 Å². The average molecular weight is 1890 g/mol. The molecule has 42 nitrogen and oxygen atoms in total. The van der Waals surface area contributed by atoms with Crippen LogP contribution in [0.4, 0.5) is 23.3 Å². The molecule has 4 aliphatic heterocycles. The number of nitrogens with two attached hydrogens (primary N) is 4. The third-order valence-corrected chi connectivity index (χ3v) is 27.8. The van der Waals surface area contributed by atoms with E-state index in [1.54, 1.807) is 19.9 Å². The number of imidazole rings is 4. The zero-order chi connectivity index (χ0) is 90.3. The van der Waals surface area contributed by atoms with E-state index in [9.17, 15) is 42.6 Å². The fraction of sp³-hybridized carbons (Fsp3) is 0.597. The highest BCUT2D eigenvalue weighted by Gasteiger charge is 2.46.